The number of hydrogen-bond donors (Lipinski definition) is 1. The molecular formula is C16H30N4. The topological polar surface area (TPSA) is 42.7 Å². The molecule has 0 aliphatic heterocycles. The lowest BCUT2D eigenvalue weighted by Crippen LogP contribution is -2.33. The maximum absolute atomic E-state index is 4.48. The van der Waals surface area contributed by atoms with Crippen molar-refractivity contribution in [3.8, 4) is 0 Å². The zero-order chi connectivity index (χ0) is 14.4. The van der Waals surface area contributed by atoms with E-state index in [-0.39, 0.29) is 0 Å². The molecule has 4 heteroatoms. The number of aryl methyl sites for hydroxylation is 1. The van der Waals surface area contributed by atoms with Crippen molar-refractivity contribution < 1.29 is 0 Å². The van der Waals surface area contributed by atoms with Gasteiger partial charge in [-0.2, -0.15) is 5.10 Å². The van der Waals surface area contributed by atoms with Crippen molar-refractivity contribution in [1.82, 2.24) is 20.1 Å². The van der Waals surface area contributed by atoms with Crippen LogP contribution in [0.2, 0.25) is 0 Å². The summed E-state index contributed by atoms with van der Waals surface area (Å²) in [5.41, 5.74) is 0. The summed E-state index contributed by atoms with van der Waals surface area (Å²) >= 11 is 0. The molecule has 3 atom stereocenters. The minimum absolute atomic E-state index is 0.766. The molecule has 4 nitrogen and oxygen atoms in total. The molecule has 1 aliphatic rings. The second kappa shape index (κ2) is 7.77. The predicted molar refractivity (Wildman–Crippen MR) is 82.6 cm³/mol. The van der Waals surface area contributed by atoms with Crippen LogP contribution < -0.4 is 5.32 Å². The molecule has 1 saturated carbocycles. The third-order valence-corrected chi connectivity index (χ3v) is 4.85. The molecular weight excluding hydrogens is 248 g/mol. The number of hydrogen-bond acceptors (Lipinski definition) is 3. The second-order valence-corrected chi connectivity index (χ2v) is 6.24. The van der Waals surface area contributed by atoms with Crippen molar-refractivity contribution in [2.75, 3.05) is 13.6 Å². The van der Waals surface area contributed by atoms with Gasteiger partial charge in [0.2, 0.25) is 0 Å². The van der Waals surface area contributed by atoms with E-state index in [4.69, 9.17) is 0 Å². The van der Waals surface area contributed by atoms with Crippen molar-refractivity contribution in [1.29, 1.82) is 0 Å². The molecule has 0 radical (unpaired) electrons. The molecule has 1 fully saturated rings. The Labute approximate surface area is 123 Å². The first kappa shape index (κ1) is 15.5. The fourth-order valence-electron chi connectivity index (χ4n) is 3.82. The van der Waals surface area contributed by atoms with Gasteiger partial charge in [-0.3, -0.25) is 4.68 Å². The highest BCUT2D eigenvalue weighted by atomic mass is 15.3. The second-order valence-electron chi connectivity index (χ2n) is 6.24. The van der Waals surface area contributed by atoms with Crippen LogP contribution >= 0.6 is 0 Å². The Kier molecular flexibility index (Phi) is 6.02. The van der Waals surface area contributed by atoms with E-state index in [1.807, 2.05) is 0 Å². The van der Waals surface area contributed by atoms with Gasteiger partial charge >= 0.3 is 0 Å². The Bertz CT molecular complexity index is 388. The number of nitrogens with zero attached hydrogens (tertiary/aromatic N) is 3. The van der Waals surface area contributed by atoms with Crippen LogP contribution in [0.1, 0.15) is 51.8 Å². The summed E-state index contributed by atoms with van der Waals surface area (Å²) < 4.78 is 2.06. The molecule has 1 aromatic heterocycles. The number of aromatic nitrogens is 3. The molecule has 0 amide bonds. The molecule has 1 N–H and O–H groups in total. The van der Waals surface area contributed by atoms with Gasteiger partial charge in [0.1, 0.15) is 12.2 Å². The Balaban J connectivity index is 2.02. The van der Waals surface area contributed by atoms with Gasteiger partial charge in [-0.05, 0) is 51.1 Å². The molecule has 3 unspecified atom stereocenters. The Morgan fingerprint density at radius 1 is 1.30 bits per heavy atom. The SMILES string of the molecule is CCCC1CCC(CNC)C(Cc2ncnn2CC)C1. The van der Waals surface area contributed by atoms with E-state index in [1.165, 1.54) is 37.9 Å². The van der Waals surface area contributed by atoms with Crippen molar-refractivity contribution in [2.45, 2.75) is 58.9 Å². The summed E-state index contributed by atoms with van der Waals surface area (Å²) in [7, 11) is 2.07. The van der Waals surface area contributed by atoms with Crippen LogP contribution in [0.3, 0.4) is 0 Å². The van der Waals surface area contributed by atoms with Crippen LogP contribution in [0.25, 0.3) is 0 Å². The standard InChI is InChI=1S/C16H30N4/c1-4-6-13-7-8-14(11-17-3)15(9-13)10-16-18-12-19-20(16)5-2/h12-15,17H,4-11H2,1-3H3. The largest absolute Gasteiger partial charge is 0.319 e. The Morgan fingerprint density at radius 3 is 2.85 bits per heavy atom. The van der Waals surface area contributed by atoms with E-state index < -0.39 is 0 Å². The van der Waals surface area contributed by atoms with Crippen molar-refractivity contribution in [3.63, 3.8) is 0 Å². The molecule has 114 valence electrons. The van der Waals surface area contributed by atoms with Gasteiger partial charge < -0.3 is 5.32 Å². The summed E-state index contributed by atoms with van der Waals surface area (Å²) in [6, 6.07) is 0. The van der Waals surface area contributed by atoms with E-state index in [0.29, 0.717) is 0 Å². The van der Waals surface area contributed by atoms with Crippen LogP contribution in [0.4, 0.5) is 0 Å². The first-order valence-corrected chi connectivity index (χ1v) is 8.29. The minimum Gasteiger partial charge on any atom is -0.319 e. The van der Waals surface area contributed by atoms with E-state index in [9.17, 15) is 0 Å². The van der Waals surface area contributed by atoms with E-state index in [1.54, 1.807) is 6.33 Å². The highest BCUT2D eigenvalue weighted by Gasteiger charge is 2.30. The molecule has 0 saturated heterocycles. The van der Waals surface area contributed by atoms with E-state index in [2.05, 4.69) is 41.0 Å². The maximum atomic E-state index is 4.48. The lowest BCUT2D eigenvalue weighted by Gasteiger charge is -2.36. The normalized spacial score (nSPS) is 26.9. The van der Waals surface area contributed by atoms with Crippen LogP contribution in [0.15, 0.2) is 6.33 Å². The summed E-state index contributed by atoms with van der Waals surface area (Å²) in [5, 5.41) is 7.70. The minimum atomic E-state index is 0.766. The van der Waals surface area contributed by atoms with Gasteiger partial charge in [-0.25, -0.2) is 4.98 Å². The Morgan fingerprint density at radius 2 is 2.15 bits per heavy atom. The first-order chi connectivity index (χ1) is 9.78. The third kappa shape index (κ3) is 3.81. The van der Waals surface area contributed by atoms with Crippen molar-refractivity contribution in [2.24, 2.45) is 17.8 Å². The predicted octanol–water partition coefficient (Wildman–Crippen LogP) is 2.89. The average Bonchev–Trinajstić information content (AvgIpc) is 2.89. The number of nitrogens with one attached hydrogen (secondary N) is 1. The maximum Gasteiger partial charge on any atom is 0.138 e. The van der Waals surface area contributed by atoms with Gasteiger partial charge in [0.25, 0.3) is 0 Å². The highest BCUT2D eigenvalue weighted by Crippen LogP contribution is 2.37. The smallest absolute Gasteiger partial charge is 0.138 e. The zero-order valence-corrected chi connectivity index (χ0v) is 13.3. The lowest BCUT2D eigenvalue weighted by atomic mass is 9.71. The lowest BCUT2D eigenvalue weighted by molar-refractivity contribution is 0.166. The molecule has 20 heavy (non-hydrogen) atoms. The molecule has 0 aromatic carbocycles. The number of rotatable bonds is 7. The summed E-state index contributed by atoms with van der Waals surface area (Å²) in [6.45, 7) is 6.52. The summed E-state index contributed by atoms with van der Waals surface area (Å²) in [5.74, 6) is 3.67. The van der Waals surface area contributed by atoms with Crippen molar-refractivity contribution in [3.05, 3.63) is 12.2 Å². The molecule has 1 aromatic rings. The van der Waals surface area contributed by atoms with Gasteiger partial charge in [0, 0.05) is 13.0 Å². The average molecular weight is 278 g/mol. The highest BCUT2D eigenvalue weighted by molar-refractivity contribution is 4.92. The van der Waals surface area contributed by atoms with Gasteiger partial charge in [-0.15, -0.1) is 0 Å². The van der Waals surface area contributed by atoms with E-state index in [0.717, 1.165) is 37.3 Å². The monoisotopic (exact) mass is 278 g/mol. The van der Waals surface area contributed by atoms with Gasteiger partial charge in [0.15, 0.2) is 0 Å². The third-order valence-electron chi connectivity index (χ3n) is 4.85. The summed E-state index contributed by atoms with van der Waals surface area (Å²) in [4.78, 5) is 4.48. The van der Waals surface area contributed by atoms with Crippen LogP contribution in [0, 0.1) is 17.8 Å². The van der Waals surface area contributed by atoms with Crippen LogP contribution in [-0.2, 0) is 13.0 Å². The Hall–Kier alpha value is -0.900. The van der Waals surface area contributed by atoms with Crippen LogP contribution in [-0.4, -0.2) is 28.4 Å². The van der Waals surface area contributed by atoms with Gasteiger partial charge in [0.05, 0.1) is 0 Å². The zero-order valence-electron chi connectivity index (χ0n) is 13.3. The van der Waals surface area contributed by atoms with Gasteiger partial charge in [-0.1, -0.05) is 26.2 Å². The molecule has 2 rings (SSSR count). The van der Waals surface area contributed by atoms with E-state index >= 15 is 0 Å². The first-order valence-electron chi connectivity index (χ1n) is 8.29. The fraction of sp³-hybridized carbons (Fsp3) is 0.875. The molecule has 0 spiro atoms. The fourth-order valence-corrected chi connectivity index (χ4v) is 3.82. The van der Waals surface area contributed by atoms with Crippen molar-refractivity contribution >= 4 is 0 Å². The molecule has 0 bridgehead atoms. The summed E-state index contributed by atoms with van der Waals surface area (Å²) in [6.07, 6.45) is 9.67. The quantitative estimate of drug-likeness (QED) is 0.834. The molecule has 1 heterocycles. The van der Waals surface area contributed by atoms with Crippen LogP contribution in [0.5, 0.6) is 0 Å². The molecule has 1 aliphatic carbocycles.